The van der Waals surface area contributed by atoms with Crippen LogP contribution in [0.2, 0.25) is 0 Å². The van der Waals surface area contributed by atoms with Gasteiger partial charge in [-0.25, -0.2) is 0 Å². The molecule has 1 unspecified atom stereocenters. The van der Waals surface area contributed by atoms with Crippen LogP contribution in [0.1, 0.15) is 24.8 Å². The summed E-state index contributed by atoms with van der Waals surface area (Å²) in [5.74, 6) is 0.929. The van der Waals surface area contributed by atoms with Crippen molar-refractivity contribution in [2.75, 3.05) is 66.5 Å². The van der Waals surface area contributed by atoms with Gasteiger partial charge in [-0.3, -0.25) is 9.89 Å². The average molecular weight is 515 g/mol. The largest absolute Gasteiger partial charge is 0.355 e. The van der Waals surface area contributed by atoms with Crippen LogP contribution in [0.5, 0.6) is 0 Å². The molecule has 1 aromatic rings. The Balaban J connectivity index is 0.00000300. The lowest BCUT2D eigenvalue weighted by atomic mass is 10.2. The molecule has 0 spiro atoms. The predicted molar refractivity (Wildman–Crippen MR) is 133 cm³/mol. The van der Waals surface area contributed by atoms with Gasteiger partial charge < -0.3 is 20.4 Å². The molecule has 0 saturated carbocycles. The third-order valence-electron chi connectivity index (χ3n) is 5.99. The number of rotatable bonds is 7. The maximum Gasteiger partial charge on any atom is 0.191 e. The number of hydrogen-bond acceptors (Lipinski definition) is 4. The van der Waals surface area contributed by atoms with Gasteiger partial charge in [-0.15, -0.1) is 24.0 Å². The lowest BCUT2D eigenvalue weighted by Crippen LogP contribution is -2.46. The molecule has 0 bridgehead atoms. The number of hydrogen-bond donors (Lipinski definition) is 2. The second-order valence-electron chi connectivity index (χ2n) is 8.13. The molecule has 7 heteroatoms. The van der Waals surface area contributed by atoms with Crippen LogP contribution in [0.15, 0.2) is 35.3 Å². The van der Waals surface area contributed by atoms with Crippen LogP contribution in [0, 0.1) is 0 Å². The van der Waals surface area contributed by atoms with Crippen molar-refractivity contribution in [1.82, 2.24) is 25.3 Å². The van der Waals surface area contributed by atoms with Crippen molar-refractivity contribution in [3.8, 4) is 0 Å². The summed E-state index contributed by atoms with van der Waals surface area (Å²) >= 11 is 0. The van der Waals surface area contributed by atoms with Crippen LogP contribution in [0.4, 0.5) is 0 Å². The molecule has 0 aliphatic carbocycles. The Bertz CT molecular complexity index is 596. The first-order valence-electron chi connectivity index (χ1n) is 10.9. The molecule has 2 N–H and O–H groups in total. The van der Waals surface area contributed by atoms with E-state index in [1.165, 1.54) is 57.5 Å². The Kier molecular flexibility index (Phi) is 11.3. The Morgan fingerprint density at radius 2 is 1.86 bits per heavy atom. The lowest BCUT2D eigenvalue weighted by Gasteiger charge is -2.26. The summed E-state index contributed by atoms with van der Waals surface area (Å²) in [5.41, 5.74) is 1.40. The van der Waals surface area contributed by atoms with Crippen molar-refractivity contribution in [3.05, 3.63) is 35.9 Å². The second kappa shape index (κ2) is 13.4. The maximum absolute atomic E-state index is 4.42. The molecule has 6 nitrogen and oxygen atoms in total. The van der Waals surface area contributed by atoms with E-state index in [1.807, 2.05) is 7.05 Å². The second-order valence-corrected chi connectivity index (χ2v) is 8.13. The zero-order valence-corrected chi connectivity index (χ0v) is 20.5. The predicted octanol–water partition coefficient (Wildman–Crippen LogP) is 2.07. The summed E-state index contributed by atoms with van der Waals surface area (Å²) in [5, 5.41) is 7.06. The molecule has 29 heavy (non-hydrogen) atoms. The molecule has 2 aliphatic heterocycles. The van der Waals surface area contributed by atoms with E-state index in [2.05, 4.69) is 67.7 Å². The van der Waals surface area contributed by atoms with E-state index >= 15 is 0 Å². The van der Waals surface area contributed by atoms with Gasteiger partial charge in [0.1, 0.15) is 0 Å². The summed E-state index contributed by atoms with van der Waals surface area (Å²) in [6, 6.07) is 11.4. The molecule has 0 aromatic heterocycles. The zero-order valence-electron chi connectivity index (χ0n) is 18.1. The van der Waals surface area contributed by atoms with E-state index in [9.17, 15) is 0 Å². The molecular weight excluding hydrogens is 475 g/mol. The Morgan fingerprint density at radius 3 is 2.66 bits per heavy atom. The highest BCUT2D eigenvalue weighted by Gasteiger charge is 2.24. The first-order chi connectivity index (χ1) is 13.7. The Morgan fingerprint density at radius 1 is 1.03 bits per heavy atom. The van der Waals surface area contributed by atoms with Crippen LogP contribution < -0.4 is 10.6 Å². The molecule has 164 valence electrons. The molecule has 0 radical (unpaired) electrons. The molecule has 2 fully saturated rings. The lowest BCUT2D eigenvalue weighted by molar-refractivity contribution is 0.245. The highest BCUT2D eigenvalue weighted by molar-refractivity contribution is 14.0. The van der Waals surface area contributed by atoms with Gasteiger partial charge in [-0.1, -0.05) is 30.3 Å². The van der Waals surface area contributed by atoms with E-state index in [4.69, 9.17) is 0 Å². The fourth-order valence-corrected chi connectivity index (χ4v) is 4.24. The molecule has 3 rings (SSSR count). The molecule has 2 heterocycles. The number of aliphatic imine (C=N–C) groups is 1. The highest BCUT2D eigenvalue weighted by Crippen LogP contribution is 2.19. The molecule has 1 atom stereocenters. The number of guanidine groups is 1. The fourth-order valence-electron chi connectivity index (χ4n) is 4.24. The molecule has 1 aromatic carbocycles. The minimum Gasteiger partial charge on any atom is -0.355 e. The van der Waals surface area contributed by atoms with Crippen LogP contribution in [0.25, 0.3) is 0 Å². The van der Waals surface area contributed by atoms with Crippen LogP contribution >= 0.6 is 24.0 Å². The van der Waals surface area contributed by atoms with E-state index in [-0.39, 0.29) is 24.0 Å². The summed E-state index contributed by atoms with van der Waals surface area (Å²) in [6.07, 6.45) is 3.81. The first-order valence-corrected chi connectivity index (χ1v) is 10.9. The van der Waals surface area contributed by atoms with Crippen LogP contribution in [-0.4, -0.2) is 93.2 Å². The van der Waals surface area contributed by atoms with Crippen molar-refractivity contribution in [3.63, 3.8) is 0 Å². The van der Waals surface area contributed by atoms with Crippen molar-refractivity contribution in [1.29, 1.82) is 0 Å². The summed E-state index contributed by atoms with van der Waals surface area (Å²) in [4.78, 5) is 12.0. The number of nitrogens with one attached hydrogen (secondary N) is 2. The number of likely N-dealkylation sites (N-methyl/N-ethyl adjacent to an activating group) is 1. The topological polar surface area (TPSA) is 46.1 Å². The third kappa shape index (κ3) is 8.39. The van der Waals surface area contributed by atoms with Gasteiger partial charge >= 0.3 is 0 Å². The number of nitrogens with zero attached hydrogens (tertiary/aromatic N) is 4. The van der Waals surface area contributed by atoms with E-state index in [0.29, 0.717) is 6.04 Å². The summed E-state index contributed by atoms with van der Waals surface area (Å²) < 4.78 is 0. The van der Waals surface area contributed by atoms with Crippen molar-refractivity contribution < 1.29 is 0 Å². The minimum atomic E-state index is 0. The highest BCUT2D eigenvalue weighted by atomic mass is 127. The molecule has 2 aliphatic rings. The van der Waals surface area contributed by atoms with Gasteiger partial charge in [-0.05, 0) is 51.5 Å². The monoisotopic (exact) mass is 514 g/mol. The van der Waals surface area contributed by atoms with Gasteiger partial charge in [0, 0.05) is 52.4 Å². The summed E-state index contributed by atoms with van der Waals surface area (Å²) in [6.45, 7) is 9.98. The van der Waals surface area contributed by atoms with Crippen molar-refractivity contribution in [2.45, 2.75) is 31.8 Å². The van der Waals surface area contributed by atoms with Gasteiger partial charge in [0.05, 0.1) is 0 Å². The van der Waals surface area contributed by atoms with Gasteiger partial charge in [0.15, 0.2) is 5.96 Å². The standard InChI is InChI=1S/C22H38N6.HI/c1-23-22(24-11-15-27-13-7-12-26(2)16-17-27)25-18-21-10-6-14-28(21)19-20-8-4-3-5-9-20;/h3-5,8-9,21H,6-7,10-19H2,1-2H3,(H2,23,24,25);1H. The Hall–Kier alpha value is -0.900. The van der Waals surface area contributed by atoms with Gasteiger partial charge in [-0.2, -0.15) is 0 Å². The van der Waals surface area contributed by atoms with Crippen molar-refractivity contribution >= 4 is 29.9 Å². The minimum absolute atomic E-state index is 0. The number of benzene rings is 1. The zero-order chi connectivity index (χ0) is 19.6. The van der Waals surface area contributed by atoms with E-state index < -0.39 is 0 Å². The normalized spacial score (nSPS) is 22.1. The molecule has 2 saturated heterocycles. The molecular formula is C22H39IN6. The first kappa shape index (κ1) is 24.4. The van der Waals surface area contributed by atoms with Crippen LogP contribution in [0.3, 0.4) is 0 Å². The molecule has 0 amide bonds. The third-order valence-corrected chi connectivity index (χ3v) is 5.99. The maximum atomic E-state index is 4.42. The van der Waals surface area contributed by atoms with Crippen molar-refractivity contribution in [2.24, 2.45) is 4.99 Å². The van der Waals surface area contributed by atoms with E-state index in [0.717, 1.165) is 32.1 Å². The summed E-state index contributed by atoms with van der Waals surface area (Å²) in [7, 11) is 4.09. The van der Waals surface area contributed by atoms with Gasteiger partial charge in [0.2, 0.25) is 0 Å². The van der Waals surface area contributed by atoms with Crippen LogP contribution in [-0.2, 0) is 6.54 Å². The SMILES string of the molecule is CN=C(NCCN1CCCN(C)CC1)NCC1CCCN1Cc1ccccc1.I. The number of likely N-dealkylation sites (tertiary alicyclic amines) is 1. The quantitative estimate of drug-likeness (QED) is 0.332. The smallest absolute Gasteiger partial charge is 0.191 e. The average Bonchev–Trinajstić information content (AvgIpc) is 3.05. The fraction of sp³-hybridized carbons (Fsp3) is 0.682. The van der Waals surface area contributed by atoms with E-state index in [1.54, 1.807) is 0 Å². The Labute approximate surface area is 194 Å². The van der Waals surface area contributed by atoms with Gasteiger partial charge in [0.25, 0.3) is 0 Å². The number of halogens is 1.